The van der Waals surface area contributed by atoms with E-state index in [0.29, 0.717) is 22.7 Å². The number of aliphatic hydroxyl groups is 1. The molecule has 44 heavy (non-hydrogen) atoms. The highest BCUT2D eigenvalue weighted by Crippen LogP contribution is 2.30. The van der Waals surface area contributed by atoms with E-state index in [4.69, 9.17) is 9.47 Å². The lowest BCUT2D eigenvalue weighted by atomic mass is 10.0. The van der Waals surface area contributed by atoms with Crippen LogP contribution in [-0.2, 0) is 21.2 Å². The number of carbonyl (C=O) groups is 2. The Morgan fingerprint density at radius 1 is 1.14 bits per heavy atom. The Balaban J connectivity index is 1.60. The van der Waals surface area contributed by atoms with Crippen LogP contribution >= 0.6 is 0 Å². The Hall–Kier alpha value is -4.36. The molecule has 1 aliphatic rings. The van der Waals surface area contributed by atoms with Crippen LogP contribution in [0.15, 0.2) is 71.6 Å². The summed E-state index contributed by atoms with van der Waals surface area (Å²) in [6, 6.07) is 15.1. The summed E-state index contributed by atoms with van der Waals surface area (Å²) in [6.45, 7) is 3.81. The third-order valence-electron chi connectivity index (χ3n) is 7.43. The van der Waals surface area contributed by atoms with Crippen molar-refractivity contribution < 1.29 is 37.0 Å². The molecule has 3 aromatic rings. The maximum Gasteiger partial charge on any atom is 0.321 e. The number of carbonyl (C=O) groups excluding carboxylic acids is 2. The molecule has 4 rings (SSSR count). The van der Waals surface area contributed by atoms with E-state index in [2.05, 4.69) is 10.0 Å². The quantitative estimate of drug-likeness (QED) is 0.326. The molecule has 11 nitrogen and oxygen atoms in total. The SMILES string of the molecule is COc1ccc(NC(=O)N(C)C[C@H]2Oc3ccc(NS(=O)(=O)c4ccc(F)cc4)cc3CC(=O)N([C@@H](C)CO)C[C@H]2C)cc1. The highest BCUT2D eigenvalue weighted by molar-refractivity contribution is 7.92. The topological polar surface area (TPSA) is 138 Å². The van der Waals surface area contributed by atoms with E-state index in [1.807, 2.05) is 6.92 Å². The van der Waals surface area contributed by atoms with Gasteiger partial charge < -0.3 is 29.7 Å². The number of amides is 3. The second-order valence-electron chi connectivity index (χ2n) is 10.8. The van der Waals surface area contributed by atoms with Gasteiger partial charge in [0.05, 0.1) is 37.6 Å². The third-order valence-corrected chi connectivity index (χ3v) is 8.83. The standard InChI is InChI=1S/C31H37FN4O7S/c1-20-17-36(21(2)19-37)30(38)16-22-15-25(34-44(40,41)27-12-5-23(32)6-13-27)9-14-28(22)43-29(20)18-35(3)31(39)33-24-7-10-26(42-4)11-8-24/h5-15,20-21,29,34,37H,16-19H2,1-4H3,(H,33,39)/t20-,21+,29-/m1/s1. The second kappa shape index (κ2) is 14.0. The van der Waals surface area contributed by atoms with E-state index in [1.165, 1.54) is 17.0 Å². The van der Waals surface area contributed by atoms with Crippen molar-refractivity contribution in [2.45, 2.75) is 37.3 Å². The van der Waals surface area contributed by atoms with Crippen LogP contribution in [-0.4, -0.2) is 81.3 Å². The summed E-state index contributed by atoms with van der Waals surface area (Å²) in [5.41, 5.74) is 1.19. The summed E-state index contributed by atoms with van der Waals surface area (Å²) in [7, 11) is -0.850. The van der Waals surface area contributed by atoms with Crippen LogP contribution < -0.4 is 19.5 Å². The van der Waals surface area contributed by atoms with Crippen molar-refractivity contribution in [3.05, 3.63) is 78.1 Å². The predicted octanol–water partition coefficient (Wildman–Crippen LogP) is 3.95. The number of ether oxygens (including phenoxy) is 2. The summed E-state index contributed by atoms with van der Waals surface area (Å²) >= 11 is 0. The maximum absolute atomic E-state index is 13.5. The molecule has 0 saturated carbocycles. The Morgan fingerprint density at radius 2 is 1.80 bits per heavy atom. The first kappa shape index (κ1) is 32.6. The molecule has 0 aromatic heterocycles. The lowest BCUT2D eigenvalue weighted by Crippen LogP contribution is -2.48. The molecule has 0 spiro atoms. The van der Waals surface area contributed by atoms with E-state index < -0.39 is 28.0 Å². The summed E-state index contributed by atoms with van der Waals surface area (Å²) in [5.74, 6) is -0.0706. The summed E-state index contributed by atoms with van der Waals surface area (Å²) < 4.78 is 53.3. The Labute approximate surface area is 256 Å². The number of sulfonamides is 1. The molecule has 3 aromatic carbocycles. The molecule has 0 unspecified atom stereocenters. The maximum atomic E-state index is 13.5. The average Bonchev–Trinajstić information content (AvgIpc) is 3.04. The lowest BCUT2D eigenvalue weighted by Gasteiger charge is -2.34. The molecule has 3 N–H and O–H groups in total. The van der Waals surface area contributed by atoms with Gasteiger partial charge >= 0.3 is 6.03 Å². The fraction of sp³-hybridized carbons (Fsp3) is 0.355. The molecule has 0 saturated heterocycles. The number of halogens is 1. The number of rotatable bonds is 9. The second-order valence-corrected chi connectivity index (χ2v) is 12.5. The zero-order valence-corrected chi connectivity index (χ0v) is 25.8. The van der Waals surface area contributed by atoms with Crippen molar-refractivity contribution in [1.82, 2.24) is 9.80 Å². The highest BCUT2D eigenvalue weighted by atomic mass is 32.2. The average molecular weight is 629 g/mol. The van der Waals surface area contributed by atoms with E-state index >= 15 is 0 Å². The lowest BCUT2D eigenvalue weighted by molar-refractivity contribution is -0.134. The minimum atomic E-state index is -4.04. The minimum Gasteiger partial charge on any atom is -0.497 e. The first-order valence-corrected chi connectivity index (χ1v) is 15.5. The molecule has 0 radical (unpaired) electrons. The first-order valence-electron chi connectivity index (χ1n) is 14.0. The number of hydrogen-bond donors (Lipinski definition) is 3. The van der Waals surface area contributed by atoms with Crippen molar-refractivity contribution in [2.24, 2.45) is 5.92 Å². The minimum absolute atomic E-state index is 0.112. The Bertz CT molecular complexity index is 1570. The zero-order valence-electron chi connectivity index (χ0n) is 25.0. The molecular weight excluding hydrogens is 591 g/mol. The largest absolute Gasteiger partial charge is 0.497 e. The fourth-order valence-electron chi connectivity index (χ4n) is 4.78. The van der Waals surface area contributed by atoms with Gasteiger partial charge in [-0.3, -0.25) is 9.52 Å². The molecule has 0 fully saturated rings. The van der Waals surface area contributed by atoms with Gasteiger partial charge in [-0.05, 0) is 73.7 Å². The van der Waals surface area contributed by atoms with Gasteiger partial charge in [-0.25, -0.2) is 17.6 Å². The van der Waals surface area contributed by atoms with Crippen molar-refractivity contribution >= 4 is 33.3 Å². The molecule has 3 atom stereocenters. The van der Waals surface area contributed by atoms with Crippen LogP contribution in [0.5, 0.6) is 11.5 Å². The van der Waals surface area contributed by atoms with Crippen LogP contribution in [0.3, 0.4) is 0 Å². The number of fused-ring (bicyclic) bond motifs is 1. The van der Waals surface area contributed by atoms with E-state index in [0.717, 1.165) is 24.3 Å². The smallest absolute Gasteiger partial charge is 0.321 e. The highest BCUT2D eigenvalue weighted by Gasteiger charge is 2.32. The Morgan fingerprint density at radius 3 is 2.43 bits per heavy atom. The zero-order chi connectivity index (χ0) is 32.0. The van der Waals surface area contributed by atoms with E-state index in [1.54, 1.807) is 56.3 Å². The van der Waals surface area contributed by atoms with Gasteiger partial charge in [0.25, 0.3) is 10.0 Å². The predicted molar refractivity (Wildman–Crippen MR) is 164 cm³/mol. The van der Waals surface area contributed by atoms with Crippen LogP contribution in [0.25, 0.3) is 0 Å². The normalized spacial score (nSPS) is 17.7. The van der Waals surface area contributed by atoms with Crippen LogP contribution in [0.1, 0.15) is 19.4 Å². The van der Waals surface area contributed by atoms with Crippen LogP contribution in [0, 0.1) is 11.7 Å². The Kier molecular flexibility index (Phi) is 10.3. The van der Waals surface area contributed by atoms with Crippen molar-refractivity contribution in [1.29, 1.82) is 0 Å². The number of likely N-dealkylation sites (N-methyl/N-ethyl adjacent to an activating group) is 1. The number of nitrogens with zero attached hydrogens (tertiary/aromatic N) is 2. The van der Waals surface area contributed by atoms with Crippen molar-refractivity contribution in [2.75, 3.05) is 43.9 Å². The van der Waals surface area contributed by atoms with Gasteiger partial charge in [-0.1, -0.05) is 6.92 Å². The number of methoxy groups -OCH3 is 1. The summed E-state index contributed by atoms with van der Waals surface area (Å²) in [6.07, 6.45) is -0.680. The number of hydrogen-bond acceptors (Lipinski definition) is 7. The summed E-state index contributed by atoms with van der Waals surface area (Å²) in [5, 5.41) is 12.7. The van der Waals surface area contributed by atoms with Crippen LogP contribution in [0.4, 0.5) is 20.6 Å². The fourth-order valence-corrected chi connectivity index (χ4v) is 5.83. The monoisotopic (exact) mass is 628 g/mol. The van der Waals surface area contributed by atoms with Gasteiger partial charge in [-0.2, -0.15) is 0 Å². The van der Waals surface area contributed by atoms with Gasteiger partial charge in [0.1, 0.15) is 23.4 Å². The first-order chi connectivity index (χ1) is 20.9. The molecule has 13 heteroatoms. The molecule has 0 bridgehead atoms. The number of urea groups is 1. The summed E-state index contributed by atoms with van der Waals surface area (Å²) in [4.78, 5) is 29.4. The van der Waals surface area contributed by atoms with Crippen molar-refractivity contribution in [3.8, 4) is 11.5 Å². The van der Waals surface area contributed by atoms with E-state index in [9.17, 15) is 27.5 Å². The molecule has 3 amide bonds. The van der Waals surface area contributed by atoms with Gasteiger partial charge in [0.2, 0.25) is 5.91 Å². The van der Waals surface area contributed by atoms with E-state index in [-0.39, 0.29) is 54.6 Å². The van der Waals surface area contributed by atoms with Crippen molar-refractivity contribution in [3.63, 3.8) is 0 Å². The molecule has 1 aliphatic heterocycles. The van der Waals surface area contributed by atoms with Gasteiger partial charge in [0.15, 0.2) is 0 Å². The number of aliphatic hydroxyl groups excluding tert-OH is 1. The third kappa shape index (κ3) is 7.97. The number of anilines is 2. The van der Waals surface area contributed by atoms with Crippen LogP contribution in [0.2, 0.25) is 0 Å². The van der Waals surface area contributed by atoms with Gasteiger partial charge in [0, 0.05) is 36.4 Å². The molecule has 236 valence electrons. The van der Waals surface area contributed by atoms with Gasteiger partial charge in [-0.15, -0.1) is 0 Å². The molecule has 0 aliphatic carbocycles. The number of benzene rings is 3. The number of nitrogens with one attached hydrogen (secondary N) is 2. The molecule has 1 heterocycles. The molecular formula is C31H37FN4O7S.